The molecule has 1 N–H and O–H groups in total. The molecule has 112 valence electrons. The Hall–Kier alpha value is -1.59. The second-order valence-corrected chi connectivity index (χ2v) is 5.42. The predicted octanol–water partition coefficient (Wildman–Crippen LogP) is 3.56. The highest BCUT2D eigenvalue weighted by Crippen LogP contribution is 2.37. The lowest BCUT2D eigenvalue weighted by atomic mass is 9.98. The summed E-state index contributed by atoms with van der Waals surface area (Å²) < 4.78 is 12.0. The van der Waals surface area contributed by atoms with Gasteiger partial charge in [-0.1, -0.05) is 13.0 Å². The van der Waals surface area contributed by atoms with Crippen molar-refractivity contribution in [1.29, 1.82) is 0 Å². The maximum atomic E-state index is 5.51. The summed E-state index contributed by atoms with van der Waals surface area (Å²) in [4.78, 5) is 4.26. The van der Waals surface area contributed by atoms with E-state index in [1.165, 1.54) is 0 Å². The number of halogens is 1. The van der Waals surface area contributed by atoms with Crippen LogP contribution >= 0.6 is 15.9 Å². The molecule has 0 aliphatic carbocycles. The number of nitrogens with one attached hydrogen (secondary N) is 1. The van der Waals surface area contributed by atoms with Crippen LogP contribution in [0.3, 0.4) is 0 Å². The number of nitrogens with zero attached hydrogens (tertiary/aromatic N) is 1. The van der Waals surface area contributed by atoms with Crippen LogP contribution in [0.1, 0.15) is 24.1 Å². The Morgan fingerprint density at radius 1 is 1.19 bits per heavy atom. The smallest absolute Gasteiger partial charge is 0.127 e. The molecule has 0 amide bonds. The molecule has 2 rings (SSSR count). The van der Waals surface area contributed by atoms with Gasteiger partial charge >= 0.3 is 0 Å². The highest BCUT2D eigenvalue weighted by atomic mass is 79.9. The van der Waals surface area contributed by atoms with E-state index < -0.39 is 0 Å². The van der Waals surface area contributed by atoms with E-state index in [0.717, 1.165) is 33.6 Å². The first-order valence-electron chi connectivity index (χ1n) is 6.76. The Labute approximate surface area is 133 Å². The molecule has 1 atom stereocenters. The summed E-state index contributed by atoms with van der Waals surface area (Å²) in [7, 11) is 3.33. The zero-order chi connectivity index (χ0) is 15.2. The minimum atomic E-state index is -0.0499. The van der Waals surface area contributed by atoms with Crippen LogP contribution in [0.2, 0.25) is 0 Å². The molecular formula is C16H19BrN2O2. The SMILES string of the molecule is CCNC(c1cncc(Br)c1)c1c(OC)cccc1OC. The van der Waals surface area contributed by atoms with E-state index in [1.54, 1.807) is 20.4 Å². The molecule has 1 unspecified atom stereocenters. The Bertz CT molecular complexity index is 582. The molecule has 0 saturated carbocycles. The number of hydrogen-bond acceptors (Lipinski definition) is 4. The number of aromatic nitrogens is 1. The topological polar surface area (TPSA) is 43.4 Å². The molecule has 2 aromatic rings. The van der Waals surface area contributed by atoms with Gasteiger partial charge in [-0.2, -0.15) is 0 Å². The van der Waals surface area contributed by atoms with Crippen molar-refractivity contribution in [3.8, 4) is 11.5 Å². The standard InChI is InChI=1S/C16H19BrN2O2/c1-4-19-16(11-8-12(17)10-18-9-11)15-13(20-2)6-5-7-14(15)21-3/h5-10,16,19H,4H2,1-3H3. The summed E-state index contributed by atoms with van der Waals surface area (Å²) in [5, 5.41) is 3.47. The third-order valence-corrected chi connectivity index (χ3v) is 3.66. The van der Waals surface area contributed by atoms with Gasteiger partial charge in [0.1, 0.15) is 11.5 Å². The van der Waals surface area contributed by atoms with E-state index >= 15 is 0 Å². The molecule has 4 nitrogen and oxygen atoms in total. The van der Waals surface area contributed by atoms with Crippen molar-refractivity contribution in [1.82, 2.24) is 10.3 Å². The van der Waals surface area contributed by atoms with E-state index in [0.29, 0.717) is 0 Å². The van der Waals surface area contributed by atoms with Gasteiger partial charge in [-0.15, -0.1) is 0 Å². The normalized spacial score (nSPS) is 12.0. The number of pyridine rings is 1. The molecule has 21 heavy (non-hydrogen) atoms. The summed E-state index contributed by atoms with van der Waals surface area (Å²) >= 11 is 3.47. The van der Waals surface area contributed by atoms with E-state index in [-0.39, 0.29) is 6.04 Å². The minimum Gasteiger partial charge on any atom is -0.496 e. The van der Waals surface area contributed by atoms with Crippen LogP contribution in [0, 0.1) is 0 Å². The summed E-state index contributed by atoms with van der Waals surface area (Å²) in [6.07, 6.45) is 3.62. The monoisotopic (exact) mass is 350 g/mol. The molecule has 5 heteroatoms. The third-order valence-electron chi connectivity index (χ3n) is 3.22. The molecular weight excluding hydrogens is 332 g/mol. The second-order valence-electron chi connectivity index (χ2n) is 4.50. The lowest BCUT2D eigenvalue weighted by Crippen LogP contribution is -2.23. The van der Waals surface area contributed by atoms with Crippen molar-refractivity contribution in [2.24, 2.45) is 0 Å². The van der Waals surface area contributed by atoms with Gasteiger partial charge in [0, 0.05) is 16.9 Å². The van der Waals surface area contributed by atoms with Crippen molar-refractivity contribution in [3.63, 3.8) is 0 Å². The highest BCUT2D eigenvalue weighted by molar-refractivity contribution is 9.10. The van der Waals surface area contributed by atoms with Gasteiger partial charge in [0.2, 0.25) is 0 Å². The van der Waals surface area contributed by atoms with E-state index in [4.69, 9.17) is 9.47 Å². The van der Waals surface area contributed by atoms with Gasteiger partial charge in [0.05, 0.1) is 25.8 Å². The summed E-state index contributed by atoms with van der Waals surface area (Å²) in [5.41, 5.74) is 2.03. The van der Waals surface area contributed by atoms with Crippen LogP contribution in [0.25, 0.3) is 0 Å². The van der Waals surface area contributed by atoms with E-state index in [1.807, 2.05) is 30.5 Å². The summed E-state index contributed by atoms with van der Waals surface area (Å²) in [6, 6.07) is 7.79. The first kappa shape index (κ1) is 15.8. The van der Waals surface area contributed by atoms with Crippen LogP contribution in [-0.2, 0) is 0 Å². The Balaban J connectivity index is 2.57. The maximum absolute atomic E-state index is 5.51. The fourth-order valence-electron chi connectivity index (χ4n) is 2.34. The number of benzene rings is 1. The van der Waals surface area contributed by atoms with Crippen molar-refractivity contribution in [3.05, 3.63) is 52.3 Å². The average Bonchev–Trinajstić information content (AvgIpc) is 2.52. The first-order valence-corrected chi connectivity index (χ1v) is 7.55. The largest absolute Gasteiger partial charge is 0.496 e. The number of methoxy groups -OCH3 is 2. The van der Waals surface area contributed by atoms with Gasteiger partial charge in [0.15, 0.2) is 0 Å². The first-order chi connectivity index (χ1) is 10.2. The lowest BCUT2D eigenvalue weighted by molar-refractivity contribution is 0.377. The van der Waals surface area contributed by atoms with Gasteiger partial charge in [-0.05, 0) is 46.2 Å². The molecule has 0 spiro atoms. The molecule has 0 fully saturated rings. The molecule has 0 saturated heterocycles. The molecule has 1 heterocycles. The number of rotatable bonds is 6. The maximum Gasteiger partial charge on any atom is 0.127 e. The summed E-state index contributed by atoms with van der Waals surface area (Å²) in [6.45, 7) is 2.89. The zero-order valence-corrected chi connectivity index (χ0v) is 14.0. The average molecular weight is 351 g/mol. The molecule has 0 radical (unpaired) electrons. The van der Waals surface area contributed by atoms with E-state index in [9.17, 15) is 0 Å². The van der Waals surface area contributed by atoms with Crippen molar-refractivity contribution < 1.29 is 9.47 Å². The number of ether oxygens (including phenoxy) is 2. The molecule has 1 aromatic heterocycles. The molecule has 0 aliphatic rings. The van der Waals surface area contributed by atoms with Gasteiger partial charge < -0.3 is 14.8 Å². The van der Waals surface area contributed by atoms with Crippen LogP contribution < -0.4 is 14.8 Å². The van der Waals surface area contributed by atoms with Crippen LogP contribution in [0.4, 0.5) is 0 Å². The van der Waals surface area contributed by atoms with Gasteiger partial charge in [-0.3, -0.25) is 4.98 Å². The van der Waals surface area contributed by atoms with Crippen molar-refractivity contribution >= 4 is 15.9 Å². The third kappa shape index (κ3) is 3.54. The molecule has 1 aromatic carbocycles. The van der Waals surface area contributed by atoms with Crippen molar-refractivity contribution in [2.75, 3.05) is 20.8 Å². The highest BCUT2D eigenvalue weighted by Gasteiger charge is 2.22. The quantitative estimate of drug-likeness (QED) is 0.864. The van der Waals surface area contributed by atoms with Gasteiger partial charge in [-0.25, -0.2) is 0 Å². The second kappa shape index (κ2) is 7.43. The van der Waals surface area contributed by atoms with Gasteiger partial charge in [0.25, 0.3) is 0 Å². The van der Waals surface area contributed by atoms with E-state index in [2.05, 4.69) is 33.2 Å². The fraction of sp³-hybridized carbons (Fsp3) is 0.312. The zero-order valence-electron chi connectivity index (χ0n) is 12.4. The van der Waals surface area contributed by atoms with Crippen LogP contribution in [-0.4, -0.2) is 25.7 Å². The minimum absolute atomic E-state index is 0.0499. The molecule has 0 bridgehead atoms. The predicted molar refractivity (Wildman–Crippen MR) is 87.0 cm³/mol. The Morgan fingerprint density at radius 3 is 2.38 bits per heavy atom. The summed E-state index contributed by atoms with van der Waals surface area (Å²) in [5.74, 6) is 1.58. The van der Waals surface area contributed by atoms with Crippen LogP contribution in [0.15, 0.2) is 41.1 Å². The van der Waals surface area contributed by atoms with Crippen molar-refractivity contribution in [2.45, 2.75) is 13.0 Å². The van der Waals surface area contributed by atoms with Crippen LogP contribution in [0.5, 0.6) is 11.5 Å². The number of hydrogen-bond donors (Lipinski definition) is 1. The molecule has 0 aliphatic heterocycles. The lowest BCUT2D eigenvalue weighted by Gasteiger charge is -2.23. The Morgan fingerprint density at radius 2 is 1.86 bits per heavy atom. The Kier molecular flexibility index (Phi) is 5.59. The fourth-order valence-corrected chi connectivity index (χ4v) is 2.72.